The molecule has 0 aliphatic carbocycles. The molecule has 0 bridgehead atoms. The SMILES string of the molecule is Clc1ncc2[nH]c(-c3cccnc3)nc2n1. The van der Waals surface area contributed by atoms with Crippen LogP contribution in [0.1, 0.15) is 0 Å². The Morgan fingerprint density at radius 2 is 2.12 bits per heavy atom. The first kappa shape index (κ1) is 9.23. The van der Waals surface area contributed by atoms with E-state index in [1.807, 2.05) is 12.1 Å². The molecule has 0 unspecified atom stereocenters. The maximum atomic E-state index is 5.69. The van der Waals surface area contributed by atoms with E-state index in [-0.39, 0.29) is 5.28 Å². The van der Waals surface area contributed by atoms with Crippen LogP contribution in [-0.2, 0) is 0 Å². The van der Waals surface area contributed by atoms with Crippen molar-refractivity contribution in [1.29, 1.82) is 0 Å². The van der Waals surface area contributed by atoms with Crippen molar-refractivity contribution in [2.45, 2.75) is 0 Å². The third-order valence-corrected chi connectivity index (χ3v) is 2.33. The highest BCUT2D eigenvalue weighted by Crippen LogP contribution is 2.18. The first-order valence-electron chi connectivity index (χ1n) is 4.61. The number of rotatable bonds is 1. The van der Waals surface area contributed by atoms with Crippen molar-refractivity contribution < 1.29 is 0 Å². The lowest BCUT2D eigenvalue weighted by Crippen LogP contribution is -1.81. The van der Waals surface area contributed by atoms with Gasteiger partial charge in [-0.15, -0.1) is 0 Å². The molecular formula is C10H6ClN5. The number of nitrogens with one attached hydrogen (secondary N) is 1. The normalized spacial score (nSPS) is 10.8. The van der Waals surface area contributed by atoms with Crippen molar-refractivity contribution in [2.75, 3.05) is 0 Å². The van der Waals surface area contributed by atoms with E-state index in [4.69, 9.17) is 11.6 Å². The lowest BCUT2D eigenvalue weighted by Gasteiger charge is -1.92. The van der Waals surface area contributed by atoms with Gasteiger partial charge in [0.1, 0.15) is 11.3 Å². The minimum absolute atomic E-state index is 0.191. The Bertz CT molecular complexity index is 634. The van der Waals surface area contributed by atoms with Crippen LogP contribution < -0.4 is 0 Å². The standard InChI is InChI=1S/C10H6ClN5/c11-10-13-5-7-9(16-10)15-8(14-7)6-2-1-3-12-4-6/h1-5H,(H,13,14,15,16). The zero-order valence-corrected chi connectivity index (χ0v) is 8.81. The molecule has 0 spiro atoms. The Hall–Kier alpha value is -2.01. The van der Waals surface area contributed by atoms with Gasteiger partial charge in [-0.25, -0.2) is 9.97 Å². The molecule has 6 heteroatoms. The van der Waals surface area contributed by atoms with Gasteiger partial charge in [0.15, 0.2) is 5.65 Å². The van der Waals surface area contributed by atoms with E-state index < -0.39 is 0 Å². The van der Waals surface area contributed by atoms with Crippen molar-refractivity contribution in [3.05, 3.63) is 36.0 Å². The molecule has 0 aliphatic rings. The molecule has 0 fully saturated rings. The molecule has 16 heavy (non-hydrogen) atoms. The average molecular weight is 232 g/mol. The average Bonchev–Trinajstić information content (AvgIpc) is 2.73. The third-order valence-electron chi connectivity index (χ3n) is 2.14. The second kappa shape index (κ2) is 3.53. The molecule has 3 rings (SSSR count). The molecule has 0 amide bonds. The van der Waals surface area contributed by atoms with E-state index in [1.165, 1.54) is 0 Å². The Kier molecular flexibility index (Phi) is 2.04. The summed E-state index contributed by atoms with van der Waals surface area (Å²) in [6, 6.07) is 3.76. The van der Waals surface area contributed by atoms with Crippen LogP contribution in [0.25, 0.3) is 22.6 Å². The van der Waals surface area contributed by atoms with Crippen LogP contribution in [-0.4, -0.2) is 24.9 Å². The number of H-pyrrole nitrogens is 1. The first-order valence-corrected chi connectivity index (χ1v) is 4.99. The van der Waals surface area contributed by atoms with Crippen LogP contribution in [0.4, 0.5) is 0 Å². The predicted molar refractivity (Wildman–Crippen MR) is 59.9 cm³/mol. The van der Waals surface area contributed by atoms with Crippen LogP contribution in [0.2, 0.25) is 5.28 Å². The van der Waals surface area contributed by atoms with Gasteiger partial charge in [-0.1, -0.05) is 0 Å². The minimum atomic E-state index is 0.191. The summed E-state index contributed by atoms with van der Waals surface area (Å²) in [5.74, 6) is 0.708. The van der Waals surface area contributed by atoms with Gasteiger partial charge in [0.2, 0.25) is 5.28 Å². The van der Waals surface area contributed by atoms with Crippen molar-refractivity contribution in [1.82, 2.24) is 24.9 Å². The van der Waals surface area contributed by atoms with Gasteiger partial charge in [0.05, 0.1) is 6.20 Å². The van der Waals surface area contributed by atoms with E-state index in [2.05, 4.69) is 24.9 Å². The highest BCUT2D eigenvalue weighted by Gasteiger charge is 2.06. The monoisotopic (exact) mass is 231 g/mol. The van der Waals surface area contributed by atoms with Gasteiger partial charge >= 0.3 is 0 Å². The molecular weight excluding hydrogens is 226 g/mol. The lowest BCUT2D eigenvalue weighted by molar-refractivity contribution is 1.20. The van der Waals surface area contributed by atoms with Crippen molar-refractivity contribution in [3.63, 3.8) is 0 Å². The molecule has 78 valence electrons. The van der Waals surface area contributed by atoms with E-state index in [0.29, 0.717) is 11.5 Å². The molecule has 3 aromatic heterocycles. The van der Waals surface area contributed by atoms with E-state index in [0.717, 1.165) is 11.1 Å². The number of halogens is 1. The molecule has 0 aliphatic heterocycles. The molecule has 0 saturated heterocycles. The van der Waals surface area contributed by atoms with Crippen molar-refractivity contribution in [3.8, 4) is 11.4 Å². The molecule has 0 saturated carbocycles. The number of hydrogen-bond donors (Lipinski definition) is 1. The zero-order chi connectivity index (χ0) is 11.0. The number of nitrogens with zero attached hydrogens (tertiary/aromatic N) is 4. The molecule has 0 aromatic carbocycles. The molecule has 5 nitrogen and oxygen atoms in total. The largest absolute Gasteiger partial charge is 0.335 e. The molecule has 0 radical (unpaired) electrons. The molecule has 1 N–H and O–H groups in total. The van der Waals surface area contributed by atoms with Gasteiger partial charge in [-0.2, -0.15) is 4.98 Å². The Balaban J connectivity index is 2.19. The van der Waals surface area contributed by atoms with Crippen LogP contribution >= 0.6 is 11.6 Å². The Labute approximate surface area is 95.6 Å². The van der Waals surface area contributed by atoms with Crippen molar-refractivity contribution in [2.24, 2.45) is 0 Å². The molecule has 3 aromatic rings. The summed E-state index contributed by atoms with van der Waals surface area (Å²) < 4.78 is 0. The van der Waals surface area contributed by atoms with Crippen LogP contribution in [0.5, 0.6) is 0 Å². The van der Waals surface area contributed by atoms with Crippen LogP contribution in [0.3, 0.4) is 0 Å². The maximum absolute atomic E-state index is 5.69. The zero-order valence-electron chi connectivity index (χ0n) is 8.05. The summed E-state index contributed by atoms with van der Waals surface area (Å²) in [6.45, 7) is 0. The van der Waals surface area contributed by atoms with Gasteiger partial charge in [-0.05, 0) is 23.7 Å². The number of aromatic nitrogens is 5. The quantitative estimate of drug-likeness (QED) is 0.651. The maximum Gasteiger partial charge on any atom is 0.224 e. The smallest absolute Gasteiger partial charge is 0.224 e. The number of imidazole rings is 1. The number of pyridine rings is 1. The van der Waals surface area contributed by atoms with Crippen LogP contribution in [0, 0.1) is 0 Å². The van der Waals surface area contributed by atoms with Gasteiger partial charge < -0.3 is 4.98 Å². The Morgan fingerprint density at radius 1 is 1.19 bits per heavy atom. The lowest BCUT2D eigenvalue weighted by atomic mass is 10.3. The van der Waals surface area contributed by atoms with E-state index in [1.54, 1.807) is 18.6 Å². The van der Waals surface area contributed by atoms with Crippen molar-refractivity contribution >= 4 is 22.8 Å². The number of aromatic amines is 1. The van der Waals surface area contributed by atoms with Gasteiger partial charge in [0.25, 0.3) is 0 Å². The Morgan fingerprint density at radius 3 is 2.94 bits per heavy atom. The fraction of sp³-hybridized carbons (Fsp3) is 0. The summed E-state index contributed by atoms with van der Waals surface area (Å²) in [5.41, 5.74) is 2.21. The predicted octanol–water partition coefficient (Wildman–Crippen LogP) is 2.07. The summed E-state index contributed by atoms with van der Waals surface area (Å²) >= 11 is 5.69. The molecule has 3 heterocycles. The highest BCUT2D eigenvalue weighted by atomic mass is 35.5. The summed E-state index contributed by atoms with van der Waals surface area (Å²) in [7, 11) is 0. The third kappa shape index (κ3) is 1.51. The fourth-order valence-electron chi connectivity index (χ4n) is 1.43. The summed E-state index contributed by atoms with van der Waals surface area (Å²) in [5, 5.41) is 0.191. The number of hydrogen-bond acceptors (Lipinski definition) is 4. The van der Waals surface area contributed by atoms with Gasteiger partial charge in [-0.3, -0.25) is 4.98 Å². The van der Waals surface area contributed by atoms with E-state index >= 15 is 0 Å². The molecule has 0 atom stereocenters. The topological polar surface area (TPSA) is 67.3 Å². The summed E-state index contributed by atoms with van der Waals surface area (Å²) in [4.78, 5) is 19.3. The number of fused-ring (bicyclic) bond motifs is 1. The highest BCUT2D eigenvalue weighted by molar-refractivity contribution is 6.28. The van der Waals surface area contributed by atoms with Crippen LogP contribution in [0.15, 0.2) is 30.7 Å². The minimum Gasteiger partial charge on any atom is -0.335 e. The fourth-order valence-corrected chi connectivity index (χ4v) is 1.56. The summed E-state index contributed by atoms with van der Waals surface area (Å²) in [6.07, 6.45) is 5.05. The first-order chi connectivity index (χ1) is 7.83. The van der Waals surface area contributed by atoms with E-state index in [9.17, 15) is 0 Å². The van der Waals surface area contributed by atoms with Gasteiger partial charge in [0, 0.05) is 18.0 Å². The second-order valence-corrected chi connectivity index (χ2v) is 3.54. The second-order valence-electron chi connectivity index (χ2n) is 3.20.